The van der Waals surface area contributed by atoms with Gasteiger partial charge in [0.1, 0.15) is 5.78 Å². The molecule has 1 saturated carbocycles. The molecule has 1 atom stereocenters. The van der Waals surface area contributed by atoms with Crippen molar-refractivity contribution in [1.82, 2.24) is 4.98 Å². The van der Waals surface area contributed by atoms with E-state index >= 15 is 0 Å². The number of nitrogen functional groups attached to an aromatic ring is 1. The van der Waals surface area contributed by atoms with Gasteiger partial charge in [-0.3, -0.25) is 4.79 Å². The second-order valence-electron chi connectivity index (χ2n) is 6.64. The predicted molar refractivity (Wildman–Crippen MR) is 95.4 cm³/mol. The van der Waals surface area contributed by atoms with Gasteiger partial charge in [0.05, 0.1) is 41.7 Å². The molecule has 126 valence electrons. The van der Waals surface area contributed by atoms with Crippen LogP contribution in [0.2, 0.25) is 0 Å². The number of carbonyl (C=O) groups excluding carboxylic acids is 1. The van der Waals surface area contributed by atoms with Crippen LogP contribution < -0.4 is 10.6 Å². The lowest BCUT2D eigenvalue weighted by molar-refractivity contribution is -0.121. The fourth-order valence-electron chi connectivity index (χ4n) is 3.88. The molecule has 2 fully saturated rings. The summed E-state index contributed by atoms with van der Waals surface area (Å²) < 4.78 is 5.49. The summed E-state index contributed by atoms with van der Waals surface area (Å²) in [6.07, 6.45) is 3.60. The van der Waals surface area contributed by atoms with Crippen molar-refractivity contribution in [3.8, 4) is 0 Å². The Labute approximate surface area is 141 Å². The zero-order valence-electron chi connectivity index (χ0n) is 13.8. The van der Waals surface area contributed by atoms with Gasteiger partial charge in [-0.1, -0.05) is 24.6 Å². The zero-order valence-corrected chi connectivity index (χ0v) is 13.8. The molecule has 0 amide bonds. The lowest BCUT2D eigenvalue weighted by atomic mass is 9.84. The largest absolute Gasteiger partial charge is 0.396 e. The van der Waals surface area contributed by atoms with E-state index in [4.69, 9.17) is 15.5 Å². The molecule has 1 aromatic heterocycles. The summed E-state index contributed by atoms with van der Waals surface area (Å²) in [5, 5.41) is 0.964. The van der Waals surface area contributed by atoms with Crippen LogP contribution in [0.25, 0.3) is 10.9 Å². The number of ether oxygens (including phenoxy) is 1. The molecular formula is C19H23N3O2. The van der Waals surface area contributed by atoms with Crippen molar-refractivity contribution in [2.75, 3.05) is 36.9 Å². The topological polar surface area (TPSA) is 68.4 Å². The second kappa shape index (κ2) is 6.40. The fourth-order valence-corrected chi connectivity index (χ4v) is 3.88. The Morgan fingerprint density at radius 1 is 1.17 bits per heavy atom. The molecule has 1 unspecified atom stereocenters. The van der Waals surface area contributed by atoms with Crippen LogP contribution >= 0.6 is 0 Å². The van der Waals surface area contributed by atoms with Crippen LogP contribution in [-0.4, -0.2) is 37.1 Å². The molecule has 0 bridgehead atoms. The third kappa shape index (κ3) is 2.63. The number of hydrogen-bond acceptors (Lipinski definition) is 5. The number of aromatic nitrogens is 1. The molecule has 5 nitrogen and oxygen atoms in total. The summed E-state index contributed by atoms with van der Waals surface area (Å²) in [6, 6.07) is 7.93. The first-order valence-corrected chi connectivity index (χ1v) is 8.79. The van der Waals surface area contributed by atoms with Crippen molar-refractivity contribution < 1.29 is 9.53 Å². The molecule has 4 rings (SSSR count). The lowest BCUT2D eigenvalue weighted by Crippen LogP contribution is -2.38. The number of para-hydroxylation sites is 1. The number of benzene rings is 1. The summed E-state index contributed by atoms with van der Waals surface area (Å²) in [4.78, 5) is 19.7. The minimum Gasteiger partial charge on any atom is -0.396 e. The minimum absolute atomic E-state index is 0.122. The van der Waals surface area contributed by atoms with Gasteiger partial charge in [-0.2, -0.15) is 0 Å². The Balaban J connectivity index is 1.90. The number of nitrogens with two attached hydrogens (primary N) is 1. The van der Waals surface area contributed by atoms with Crippen LogP contribution in [0.1, 0.15) is 37.3 Å². The van der Waals surface area contributed by atoms with Crippen LogP contribution in [0.5, 0.6) is 0 Å². The fraction of sp³-hybridized carbons (Fsp3) is 0.474. The van der Waals surface area contributed by atoms with E-state index in [1.165, 1.54) is 0 Å². The number of Topliss-reactive ketones (excluding diaryl/α,β-unsaturated/α-hetero) is 1. The average molecular weight is 325 g/mol. The highest BCUT2D eigenvalue weighted by molar-refractivity contribution is 6.00. The SMILES string of the molecule is Nc1c(N2CCOCC2)c(C2CCCCC2=O)nc2ccccc12. The van der Waals surface area contributed by atoms with Crippen molar-refractivity contribution in [3.63, 3.8) is 0 Å². The van der Waals surface area contributed by atoms with Gasteiger partial charge in [0, 0.05) is 24.9 Å². The first-order valence-electron chi connectivity index (χ1n) is 8.79. The van der Waals surface area contributed by atoms with Gasteiger partial charge in [0.25, 0.3) is 0 Å². The molecule has 0 spiro atoms. The molecule has 1 aliphatic heterocycles. The van der Waals surface area contributed by atoms with Crippen LogP contribution in [0.4, 0.5) is 11.4 Å². The molecule has 1 saturated heterocycles. The van der Waals surface area contributed by atoms with Gasteiger partial charge in [-0.05, 0) is 18.9 Å². The van der Waals surface area contributed by atoms with Crippen molar-refractivity contribution >= 4 is 28.1 Å². The van der Waals surface area contributed by atoms with E-state index in [-0.39, 0.29) is 5.92 Å². The average Bonchev–Trinajstić information content (AvgIpc) is 2.63. The smallest absolute Gasteiger partial charge is 0.142 e. The number of pyridine rings is 1. The number of nitrogens with zero attached hydrogens (tertiary/aromatic N) is 2. The van der Waals surface area contributed by atoms with Gasteiger partial charge in [0.2, 0.25) is 0 Å². The molecule has 24 heavy (non-hydrogen) atoms. The van der Waals surface area contributed by atoms with Gasteiger partial charge in [-0.25, -0.2) is 4.98 Å². The van der Waals surface area contributed by atoms with E-state index in [2.05, 4.69) is 4.90 Å². The maximum atomic E-state index is 12.6. The molecule has 1 aromatic carbocycles. The van der Waals surface area contributed by atoms with Gasteiger partial charge < -0.3 is 15.4 Å². The van der Waals surface area contributed by atoms with Crippen LogP contribution in [-0.2, 0) is 9.53 Å². The monoisotopic (exact) mass is 325 g/mol. The second-order valence-corrected chi connectivity index (χ2v) is 6.64. The molecule has 2 N–H and O–H groups in total. The van der Waals surface area contributed by atoms with Crippen molar-refractivity contribution in [3.05, 3.63) is 30.0 Å². The van der Waals surface area contributed by atoms with Crippen LogP contribution in [0.3, 0.4) is 0 Å². The maximum Gasteiger partial charge on any atom is 0.142 e. The van der Waals surface area contributed by atoms with Gasteiger partial charge >= 0.3 is 0 Å². The number of fused-ring (bicyclic) bond motifs is 1. The summed E-state index contributed by atoms with van der Waals surface area (Å²) >= 11 is 0. The number of rotatable bonds is 2. The van der Waals surface area contributed by atoms with Crippen molar-refractivity contribution in [1.29, 1.82) is 0 Å². The maximum absolute atomic E-state index is 12.6. The Bertz CT molecular complexity index is 769. The van der Waals surface area contributed by atoms with E-state index in [9.17, 15) is 4.79 Å². The third-order valence-electron chi connectivity index (χ3n) is 5.14. The molecule has 1 aliphatic carbocycles. The molecule has 2 heterocycles. The zero-order chi connectivity index (χ0) is 16.5. The summed E-state index contributed by atoms with van der Waals surface area (Å²) in [6.45, 7) is 2.95. The molecule has 5 heteroatoms. The first kappa shape index (κ1) is 15.4. The summed E-state index contributed by atoms with van der Waals surface area (Å²) in [7, 11) is 0. The van der Waals surface area contributed by atoms with Crippen molar-refractivity contribution in [2.24, 2.45) is 0 Å². The van der Waals surface area contributed by atoms with E-state index in [0.717, 1.165) is 60.3 Å². The van der Waals surface area contributed by atoms with E-state index in [1.807, 2.05) is 24.3 Å². The van der Waals surface area contributed by atoms with Gasteiger partial charge in [-0.15, -0.1) is 0 Å². The number of hydrogen-bond donors (Lipinski definition) is 1. The Morgan fingerprint density at radius 3 is 2.75 bits per heavy atom. The number of anilines is 2. The number of carbonyl (C=O) groups is 1. The van der Waals surface area contributed by atoms with E-state index in [0.29, 0.717) is 25.4 Å². The van der Waals surface area contributed by atoms with E-state index < -0.39 is 0 Å². The third-order valence-corrected chi connectivity index (χ3v) is 5.14. The first-order chi connectivity index (χ1) is 11.8. The lowest BCUT2D eigenvalue weighted by Gasteiger charge is -2.33. The number of morpholine rings is 1. The van der Waals surface area contributed by atoms with E-state index in [1.54, 1.807) is 0 Å². The van der Waals surface area contributed by atoms with Crippen LogP contribution in [0.15, 0.2) is 24.3 Å². The molecular weight excluding hydrogens is 302 g/mol. The predicted octanol–water partition coefficient (Wildman–Crippen LogP) is 2.88. The molecule has 2 aliphatic rings. The quantitative estimate of drug-likeness (QED) is 0.919. The van der Waals surface area contributed by atoms with Gasteiger partial charge in [0.15, 0.2) is 0 Å². The number of ketones is 1. The molecule has 0 radical (unpaired) electrons. The molecule has 2 aromatic rings. The Kier molecular flexibility index (Phi) is 4.10. The summed E-state index contributed by atoms with van der Waals surface area (Å²) in [5.74, 6) is 0.182. The Morgan fingerprint density at radius 2 is 1.96 bits per heavy atom. The normalized spacial score (nSPS) is 22.1. The van der Waals surface area contributed by atoms with Crippen molar-refractivity contribution in [2.45, 2.75) is 31.6 Å². The Hall–Kier alpha value is -2.14. The summed E-state index contributed by atoms with van der Waals surface area (Å²) in [5.41, 5.74) is 10.0. The highest BCUT2D eigenvalue weighted by atomic mass is 16.5. The van der Waals surface area contributed by atoms with Crippen LogP contribution in [0, 0.1) is 0 Å². The standard InChI is InChI=1S/C19H23N3O2/c20-17-13-5-1-3-7-15(13)21-18(14-6-2-4-8-16(14)23)19(17)22-9-11-24-12-10-22/h1,3,5,7,14H,2,4,6,8-12H2,(H2,20,21). The minimum atomic E-state index is -0.122. The highest BCUT2D eigenvalue weighted by Crippen LogP contribution is 2.41. The highest BCUT2D eigenvalue weighted by Gasteiger charge is 2.31.